The molecule has 2 fully saturated rings. The topological polar surface area (TPSA) is 38.5 Å². The zero-order valence-corrected chi connectivity index (χ0v) is 9.70. The quantitative estimate of drug-likeness (QED) is 0.774. The number of ether oxygens (including phenoxy) is 1. The van der Waals surface area contributed by atoms with Gasteiger partial charge in [0, 0.05) is 24.2 Å². The van der Waals surface area contributed by atoms with E-state index in [1.807, 2.05) is 12.1 Å². The smallest absolute Gasteiger partial charge is 0.141 e. The lowest BCUT2D eigenvalue weighted by molar-refractivity contribution is 0.0904. The van der Waals surface area contributed by atoms with Crippen molar-refractivity contribution in [3.05, 3.63) is 18.2 Å². The van der Waals surface area contributed by atoms with E-state index in [-0.39, 0.29) is 0 Å². The van der Waals surface area contributed by atoms with Crippen LogP contribution in [0.15, 0.2) is 18.2 Å². The summed E-state index contributed by atoms with van der Waals surface area (Å²) in [5, 5.41) is 0. The normalized spacial score (nSPS) is 21.4. The standard InChI is InChI=1S/C13H18N2O/c1-16-12-4-3-10(7-11(12)14)15-8-13(9-15)5-2-6-13/h3-4,7H,2,5-6,8-9,14H2,1H3. The minimum absolute atomic E-state index is 0.661. The van der Waals surface area contributed by atoms with Crippen LogP contribution < -0.4 is 15.4 Å². The van der Waals surface area contributed by atoms with Gasteiger partial charge < -0.3 is 15.4 Å². The van der Waals surface area contributed by atoms with Crippen molar-refractivity contribution in [2.45, 2.75) is 19.3 Å². The van der Waals surface area contributed by atoms with Gasteiger partial charge in [0.25, 0.3) is 0 Å². The fraction of sp³-hybridized carbons (Fsp3) is 0.538. The van der Waals surface area contributed by atoms with Gasteiger partial charge in [-0.2, -0.15) is 0 Å². The average molecular weight is 218 g/mol. The van der Waals surface area contributed by atoms with Crippen LogP contribution in [0.2, 0.25) is 0 Å². The summed E-state index contributed by atoms with van der Waals surface area (Å²) in [6.07, 6.45) is 4.24. The van der Waals surface area contributed by atoms with Gasteiger partial charge in [-0.1, -0.05) is 6.42 Å². The van der Waals surface area contributed by atoms with Crippen molar-refractivity contribution in [2.24, 2.45) is 5.41 Å². The Hall–Kier alpha value is -1.38. The minimum Gasteiger partial charge on any atom is -0.495 e. The van der Waals surface area contributed by atoms with Gasteiger partial charge in [-0.05, 0) is 31.0 Å². The Morgan fingerprint density at radius 2 is 2.06 bits per heavy atom. The molecule has 1 aromatic rings. The molecule has 3 rings (SSSR count). The highest BCUT2D eigenvalue weighted by molar-refractivity contribution is 5.64. The van der Waals surface area contributed by atoms with E-state index in [1.165, 1.54) is 38.0 Å². The Bertz CT molecular complexity index is 404. The first-order valence-electron chi connectivity index (χ1n) is 5.91. The summed E-state index contributed by atoms with van der Waals surface area (Å²) in [5.74, 6) is 0.766. The minimum atomic E-state index is 0.661. The molecule has 0 amide bonds. The maximum absolute atomic E-state index is 5.91. The summed E-state index contributed by atoms with van der Waals surface area (Å²) < 4.78 is 5.16. The zero-order chi connectivity index (χ0) is 11.2. The molecule has 1 heterocycles. The summed E-state index contributed by atoms with van der Waals surface area (Å²) in [7, 11) is 1.65. The van der Waals surface area contributed by atoms with Gasteiger partial charge in [0.2, 0.25) is 0 Å². The van der Waals surface area contributed by atoms with E-state index < -0.39 is 0 Å². The third-order valence-corrected chi connectivity index (χ3v) is 4.05. The fourth-order valence-corrected chi connectivity index (χ4v) is 2.86. The van der Waals surface area contributed by atoms with E-state index in [0.29, 0.717) is 5.41 Å². The number of hydrogen-bond donors (Lipinski definition) is 1. The van der Waals surface area contributed by atoms with Crippen LogP contribution in [0.5, 0.6) is 5.75 Å². The summed E-state index contributed by atoms with van der Waals surface area (Å²) in [6.45, 7) is 2.41. The number of nitrogens with zero attached hydrogens (tertiary/aromatic N) is 1. The molecule has 1 saturated heterocycles. The molecule has 0 atom stereocenters. The molecule has 0 unspecified atom stereocenters. The molecule has 86 valence electrons. The molecule has 1 aliphatic heterocycles. The van der Waals surface area contributed by atoms with Crippen LogP contribution in [0.25, 0.3) is 0 Å². The fourth-order valence-electron chi connectivity index (χ4n) is 2.86. The maximum Gasteiger partial charge on any atom is 0.141 e. The summed E-state index contributed by atoms with van der Waals surface area (Å²) in [5.41, 5.74) is 8.54. The van der Waals surface area contributed by atoms with E-state index in [4.69, 9.17) is 10.5 Å². The summed E-state index contributed by atoms with van der Waals surface area (Å²) in [6, 6.07) is 6.07. The van der Waals surface area contributed by atoms with Gasteiger partial charge in [0.1, 0.15) is 5.75 Å². The number of nitrogen functional groups attached to an aromatic ring is 1. The van der Waals surface area contributed by atoms with Crippen molar-refractivity contribution in [2.75, 3.05) is 30.8 Å². The van der Waals surface area contributed by atoms with Gasteiger partial charge in [-0.3, -0.25) is 0 Å². The van der Waals surface area contributed by atoms with Crippen LogP contribution in [-0.2, 0) is 0 Å². The Morgan fingerprint density at radius 3 is 2.56 bits per heavy atom. The number of rotatable bonds is 2. The molecule has 1 saturated carbocycles. The van der Waals surface area contributed by atoms with Gasteiger partial charge >= 0.3 is 0 Å². The first kappa shape index (κ1) is 9.82. The second kappa shape index (κ2) is 3.30. The first-order valence-corrected chi connectivity index (χ1v) is 5.91. The van der Waals surface area contributed by atoms with Crippen LogP contribution in [0.3, 0.4) is 0 Å². The van der Waals surface area contributed by atoms with E-state index in [2.05, 4.69) is 11.0 Å². The molecule has 1 aromatic carbocycles. The average Bonchev–Trinajstić information content (AvgIpc) is 2.13. The van der Waals surface area contributed by atoms with Crippen molar-refractivity contribution in [3.8, 4) is 5.75 Å². The molecule has 0 bridgehead atoms. The van der Waals surface area contributed by atoms with Crippen LogP contribution in [0.1, 0.15) is 19.3 Å². The second-order valence-electron chi connectivity index (χ2n) is 5.14. The van der Waals surface area contributed by atoms with Gasteiger partial charge in [0.05, 0.1) is 12.8 Å². The molecule has 3 nitrogen and oxygen atoms in total. The van der Waals surface area contributed by atoms with Crippen molar-refractivity contribution >= 4 is 11.4 Å². The van der Waals surface area contributed by atoms with Crippen LogP contribution >= 0.6 is 0 Å². The predicted molar refractivity (Wildman–Crippen MR) is 65.9 cm³/mol. The molecule has 1 aliphatic carbocycles. The molecule has 0 aromatic heterocycles. The van der Waals surface area contributed by atoms with E-state index in [1.54, 1.807) is 7.11 Å². The lowest BCUT2D eigenvalue weighted by atomic mass is 9.63. The number of hydrogen-bond acceptors (Lipinski definition) is 3. The summed E-state index contributed by atoms with van der Waals surface area (Å²) in [4.78, 5) is 2.41. The highest BCUT2D eigenvalue weighted by atomic mass is 16.5. The van der Waals surface area contributed by atoms with Crippen molar-refractivity contribution in [1.29, 1.82) is 0 Å². The molecule has 1 spiro atoms. The van der Waals surface area contributed by atoms with Crippen LogP contribution in [-0.4, -0.2) is 20.2 Å². The molecule has 0 radical (unpaired) electrons. The molecule has 16 heavy (non-hydrogen) atoms. The SMILES string of the molecule is COc1ccc(N2CC3(CCC3)C2)cc1N. The maximum atomic E-state index is 5.91. The van der Waals surface area contributed by atoms with Crippen LogP contribution in [0.4, 0.5) is 11.4 Å². The zero-order valence-electron chi connectivity index (χ0n) is 9.70. The predicted octanol–water partition coefficient (Wildman–Crippen LogP) is 2.27. The Morgan fingerprint density at radius 1 is 1.31 bits per heavy atom. The summed E-state index contributed by atoms with van der Waals surface area (Å²) >= 11 is 0. The Balaban J connectivity index is 1.73. The third kappa shape index (κ3) is 1.34. The van der Waals surface area contributed by atoms with Gasteiger partial charge in [-0.15, -0.1) is 0 Å². The molecule has 3 heteroatoms. The molecule has 2 aliphatic rings. The third-order valence-electron chi connectivity index (χ3n) is 4.05. The van der Waals surface area contributed by atoms with Gasteiger partial charge in [-0.25, -0.2) is 0 Å². The molecular weight excluding hydrogens is 200 g/mol. The van der Waals surface area contributed by atoms with E-state index in [9.17, 15) is 0 Å². The number of benzene rings is 1. The lowest BCUT2D eigenvalue weighted by Crippen LogP contribution is -2.59. The number of anilines is 2. The number of methoxy groups -OCH3 is 1. The van der Waals surface area contributed by atoms with Crippen LogP contribution in [0, 0.1) is 5.41 Å². The van der Waals surface area contributed by atoms with E-state index >= 15 is 0 Å². The highest BCUT2D eigenvalue weighted by Crippen LogP contribution is 2.49. The van der Waals surface area contributed by atoms with Crippen molar-refractivity contribution in [3.63, 3.8) is 0 Å². The number of nitrogens with two attached hydrogens (primary N) is 1. The Kier molecular flexibility index (Phi) is 2.03. The van der Waals surface area contributed by atoms with Gasteiger partial charge in [0.15, 0.2) is 0 Å². The van der Waals surface area contributed by atoms with Crippen molar-refractivity contribution in [1.82, 2.24) is 0 Å². The van der Waals surface area contributed by atoms with Crippen molar-refractivity contribution < 1.29 is 4.74 Å². The Labute approximate surface area is 96.2 Å². The monoisotopic (exact) mass is 218 g/mol. The lowest BCUT2D eigenvalue weighted by Gasteiger charge is -2.57. The molecule has 2 N–H and O–H groups in total. The molecular formula is C13H18N2O. The highest BCUT2D eigenvalue weighted by Gasteiger charge is 2.47. The largest absolute Gasteiger partial charge is 0.495 e. The second-order valence-corrected chi connectivity index (χ2v) is 5.14. The first-order chi connectivity index (χ1) is 7.72. The van der Waals surface area contributed by atoms with E-state index in [0.717, 1.165) is 11.4 Å².